The monoisotopic (exact) mass is 385 g/mol. The number of hydrogen-bond acceptors (Lipinski definition) is 4. The third-order valence-electron chi connectivity index (χ3n) is 6.85. The molecule has 0 aromatic carbocycles. The Labute approximate surface area is 169 Å². The number of likely N-dealkylation sites (tertiary alicyclic amines) is 1. The van der Waals surface area contributed by atoms with Gasteiger partial charge in [-0.15, -0.1) is 0 Å². The first-order chi connectivity index (χ1) is 14.2. The van der Waals surface area contributed by atoms with Crippen LogP contribution in [0, 0.1) is 0 Å². The molecule has 3 aromatic rings. The topological polar surface area (TPSA) is 53.7 Å². The van der Waals surface area contributed by atoms with Crippen molar-refractivity contribution in [3.05, 3.63) is 71.3 Å². The predicted octanol–water partition coefficient (Wildman–Crippen LogP) is 2.64. The van der Waals surface area contributed by atoms with Crippen LogP contribution < -0.4 is 0 Å². The molecule has 0 saturated carbocycles. The number of amides is 1. The van der Waals surface area contributed by atoms with Crippen LogP contribution in [-0.2, 0) is 6.42 Å². The largest absolute Gasteiger partial charge is 0.335 e. The van der Waals surface area contributed by atoms with Crippen LogP contribution in [0.25, 0.3) is 11.1 Å². The number of fused-ring (bicyclic) bond motifs is 4. The molecule has 3 aromatic heterocycles. The minimum atomic E-state index is 0.114. The second kappa shape index (κ2) is 6.26. The molecule has 0 radical (unpaired) electrons. The molecular weight excluding hydrogens is 362 g/mol. The maximum absolute atomic E-state index is 13.2. The predicted molar refractivity (Wildman–Crippen MR) is 111 cm³/mol. The summed E-state index contributed by atoms with van der Waals surface area (Å²) in [5.74, 6) is 0.114. The summed E-state index contributed by atoms with van der Waals surface area (Å²) in [5.41, 5.74) is 6.18. The number of aromatic nitrogens is 3. The summed E-state index contributed by atoms with van der Waals surface area (Å²) in [7, 11) is 2.19. The maximum Gasteiger partial charge on any atom is 0.255 e. The van der Waals surface area contributed by atoms with E-state index in [-0.39, 0.29) is 5.91 Å². The van der Waals surface area contributed by atoms with Crippen LogP contribution in [0.15, 0.2) is 48.9 Å². The zero-order chi connectivity index (χ0) is 19.5. The van der Waals surface area contributed by atoms with Crippen molar-refractivity contribution in [2.75, 3.05) is 20.1 Å². The lowest BCUT2D eigenvalue weighted by atomic mass is 10.00. The lowest BCUT2D eigenvalue weighted by Gasteiger charge is -2.38. The highest BCUT2D eigenvalue weighted by Crippen LogP contribution is 2.34. The molecule has 29 heavy (non-hydrogen) atoms. The standard InChI is InChI=1S/C23H23N5O/c1-26-18-2-3-19(26)14-27(13-18)23(29)16-11-21-20(4-5-22(21)24-12-16)15-7-9-28-17(10-15)6-8-25-28/h4,6-12,18-19H,2-3,5,13-14H2,1H3. The average Bonchev–Trinajstić information content (AvgIpc) is 3.42. The van der Waals surface area contributed by atoms with Gasteiger partial charge in [-0.3, -0.25) is 14.7 Å². The fourth-order valence-corrected chi connectivity index (χ4v) is 5.14. The molecule has 1 amide bonds. The van der Waals surface area contributed by atoms with Gasteiger partial charge in [0.1, 0.15) is 0 Å². The van der Waals surface area contributed by atoms with E-state index >= 15 is 0 Å². The van der Waals surface area contributed by atoms with Crippen LogP contribution in [0.2, 0.25) is 0 Å². The lowest BCUT2D eigenvalue weighted by molar-refractivity contribution is 0.0523. The minimum absolute atomic E-state index is 0.114. The lowest BCUT2D eigenvalue weighted by Crippen LogP contribution is -2.53. The number of allylic oxidation sites excluding steroid dienone is 1. The van der Waals surface area contributed by atoms with Crippen LogP contribution in [-0.4, -0.2) is 62.5 Å². The fourth-order valence-electron chi connectivity index (χ4n) is 5.14. The highest BCUT2D eigenvalue weighted by molar-refractivity contribution is 5.96. The second-order valence-electron chi connectivity index (χ2n) is 8.42. The molecule has 2 saturated heterocycles. The molecule has 3 aliphatic rings. The number of rotatable bonds is 2. The average molecular weight is 385 g/mol. The molecule has 2 atom stereocenters. The van der Waals surface area contributed by atoms with Crippen LogP contribution in [0.5, 0.6) is 0 Å². The molecule has 6 heteroatoms. The molecule has 6 nitrogen and oxygen atoms in total. The van der Waals surface area contributed by atoms with Gasteiger partial charge < -0.3 is 4.90 Å². The van der Waals surface area contributed by atoms with E-state index in [1.165, 1.54) is 12.8 Å². The molecule has 2 aliphatic heterocycles. The minimum Gasteiger partial charge on any atom is -0.335 e. The van der Waals surface area contributed by atoms with Gasteiger partial charge in [0.2, 0.25) is 0 Å². The van der Waals surface area contributed by atoms with E-state index in [0.717, 1.165) is 47.4 Å². The van der Waals surface area contributed by atoms with E-state index in [0.29, 0.717) is 17.6 Å². The van der Waals surface area contributed by atoms with Gasteiger partial charge in [-0.25, -0.2) is 4.52 Å². The summed E-state index contributed by atoms with van der Waals surface area (Å²) in [4.78, 5) is 22.4. The molecule has 2 bridgehead atoms. The number of likely N-dealkylation sites (N-methyl/N-ethyl adjacent to an activating group) is 1. The molecule has 146 valence electrons. The van der Waals surface area contributed by atoms with E-state index in [2.05, 4.69) is 40.2 Å². The highest BCUT2D eigenvalue weighted by Gasteiger charge is 2.39. The Morgan fingerprint density at radius 3 is 2.79 bits per heavy atom. The Morgan fingerprint density at radius 1 is 1.14 bits per heavy atom. The van der Waals surface area contributed by atoms with Crippen LogP contribution in [0.4, 0.5) is 0 Å². The number of carbonyl (C=O) groups excluding carboxylic acids is 1. The summed E-state index contributed by atoms with van der Waals surface area (Å²) >= 11 is 0. The van der Waals surface area contributed by atoms with Crippen molar-refractivity contribution in [1.29, 1.82) is 0 Å². The van der Waals surface area contributed by atoms with Gasteiger partial charge in [0.25, 0.3) is 5.91 Å². The van der Waals surface area contributed by atoms with Gasteiger partial charge in [-0.2, -0.15) is 5.10 Å². The number of piperazine rings is 1. The summed E-state index contributed by atoms with van der Waals surface area (Å²) in [6.07, 6.45) is 10.9. The van der Waals surface area contributed by atoms with Crippen LogP contribution in [0.3, 0.4) is 0 Å². The number of carbonyl (C=O) groups is 1. The molecule has 0 N–H and O–H groups in total. The molecule has 2 fully saturated rings. The molecule has 1 aliphatic carbocycles. The Morgan fingerprint density at radius 2 is 1.97 bits per heavy atom. The van der Waals surface area contributed by atoms with E-state index in [1.807, 2.05) is 27.7 Å². The van der Waals surface area contributed by atoms with Crippen molar-refractivity contribution in [3.8, 4) is 0 Å². The first-order valence-electron chi connectivity index (χ1n) is 10.3. The van der Waals surface area contributed by atoms with Gasteiger partial charge in [-0.1, -0.05) is 6.08 Å². The van der Waals surface area contributed by atoms with Gasteiger partial charge in [-0.05, 0) is 55.3 Å². The van der Waals surface area contributed by atoms with Crippen molar-refractivity contribution in [3.63, 3.8) is 0 Å². The van der Waals surface area contributed by atoms with Crippen molar-refractivity contribution < 1.29 is 4.79 Å². The fraction of sp³-hybridized carbons (Fsp3) is 0.348. The van der Waals surface area contributed by atoms with E-state index in [4.69, 9.17) is 0 Å². The normalized spacial score (nSPS) is 23.5. The quantitative estimate of drug-likeness (QED) is 0.681. The van der Waals surface area contributed by atoms with Gasteiger partial charge in [0, 0.05) is 55.7 Å². The Kier molecular flexibility index (Phi) is 3.65. The van der Waals surface area contributed by atoms with Gasteiger partial charge in [0.05, 0.1) is 16.8 Å². The van der Waals surface area contributed by atoms with Crippen LogP contribution >= 0.6 is 0 Å². The number of nitrogens with zero attached hydrogens (tertiary/aromatic N) is 5. The third kappa shape index (κ3) is 2.63. The smallest absolute Gasteiger partial charge is 0.255 e. The molecule has 0 spiro atoms. The second-order valence-corrected chi connectivity index (χ2v) is 8.42. The molecule has 6 rings (SSSR count). The molecule has 5 heterocycles. The van der Waals surface area contributed by atoms with Crippen molar-refractivity contribution in [2.24, 2.45) is 0 Å². The zero-order valence-electron chi connectivity index (χ0n) is 16.5. The Bertz CT molecular complexity index is 1150. The van der Waals surface area contributed by atoms with Crippen molar-refractivity contribution in [1.82, 2.24) is 24.4 Å². The zero-order valence-corrected chi connectivity index (χ0v) is 16.5. The van der Waals surface area contributed by atoms with Crippen LogP contribution in [0.1, 0.15) is 40.0 Å². The Hall–Kier alpha value is -2.99. The first-order valence-corrected chi connectivity index (χ1v) is 10.3. The van der Waals surface area contributed by atoms with E-state index in [1.54, 1.807) is 12.4 Å². The van der Waals surface area contributed by atoms with Crippen molar-refractivity contribution >= 4 is 17.0 Å². The summed E-state index contributed by atoms with van der Waals surface area (Å²) in [6, 6.07) is 9.26. The van der Waals surface area contributed by atoms with E-state index < -0.39 is 0 Å². The Balaban J connectivity index is 1.32. The highest BCUT2D eigenvalue weighted by atomic mass is 16.2. The maximum atomic E-state index is 13.2. The number of hydrogen-bond donors (Lipinski definition) is 0. The van der Waals surface area contributed by atoms with Gasteiger partial charge >= 0.3 is 0 Å². The van der Waals surface area contributed by atoms with Gasteiger partial charge in [0.15, 0.2) is 0 Å². The third-order valence-corrected chi connectivity index (χ3v) is 6.85. The molecule has 2 unspecified atom stereocenters. The summed E-state index contributed by atoms with van der Waals surface area (Å²) in [5, 5.41) is 4.27. The van der Waals surface area contributed by atoms with Crippen molar-refractivity contribution in [2.45, 2.75) is 31.3 Å². The first kappa shape index (κ1) is 16.9. The summed E-state index contributed by atoms with van der Waals surface area (Å²) in [6.45, 7) is 1.65. The molecular formula is C23H23N5O. The summed E-state index contributed by atoms with van der Waals surface area (Å²) < 4.78 is 1.86. The SMILES string of the molecule is CN1C2CCC1CN(C(=O)c1cnc3c(c1)C(c1ccn4nccc4c1)=CC3)C2. The van der Waals surface area contributed by atoms with E-state index in [9.17, 15) is 4.79 Å². The number of pyridine rings is 2.